The Morgan fingerprint density at radius 1 is 1.38 bits per heavy atom. The number of ether oxygens (including phenoxy) is 1. The number of hydrogen-bond donors (Lipinski definition) is 0. The number of hydrogen-bond acceptors (Lipinski definition) is 4. The van der Waals surface area contributed by atoms with Gasteiger partial charge in [0, 0.05) is 12.5 Å². The molecule has 0 saturated heterocycles. The maximum Gasteiger partial charge on any atom is 0.275 e. The van der Waals surface area contributed by atoms with E-state index in [1.807, 2.05) is 12.5 Å². The average molecular weight is 278 g/mol. The van der Waals surface area contributed by atoms with Crippen LogP contribution in [-0.4, -0.2) is 29.2 Å². The summed E-state index contributed by atoms with van der Waals surface area (Å²) in [6, 6.07) is 5.16. The Morgan fingerprint density at radius 2 is 2.00 bits per heavy atom. The second kappa shape index (κ2) is 6.27. The van der Waals surface area contributed by atoms with Crippen molar-refractivity contribution in [1.29, 1.82) is 0 Å². The minimum absolute atomic E-state index is 0.135. The summed E-state index contributed by atoms with van der Waals surface area (Å²) in [5, 5.41) is 0.350. The van der Waals surface area contributed by atoms with Gasteiger partial charge < -0.3 is 4.74 Å². The van der Waals surface area contributed by atoms with Crippen LogP contribution in [0.3, 0.4) is 0 Å². The summed E-state index contributed by atoms with van der Waals surface area (Å²) < 4.78 is 6.62. The lowest BCUT2D eigenvalue weighted by Crippen LogP contribution is -2.17. The second-order valence-electron chi connectivity index (χ2n) is 2.75. The van der Waals surface area contributed by atoms with Crippen LogP contribution in [0.5, 0.6) is 5.75 Å². The predicted octanol–water partition coefficient (Wildman–Crippen LogP) is 3.35. The van der Waals surface area contributed by atoms with Crippen LogP contribution in [0.4, 0.5) is 0 Å². The normalized spacial score (nSPS) is 10.0. The maximum atomic E-state index is 12.0. The lowest BCUT2D eigenvalue weighted by atomic mass is 10.2. The van der Waals surface area contributed by atoms with Crippen molar-refractivity contribution in [1.82, 2.24) is 3.71 Å². The van der Waals surface area contributed by atoms with Crippen molar-refractivity contribution >= 4 is 41.4 Å². The van der Waals surface area contributed by atoms with Crippen LogP contribution in [0.2, 0.25) is 5.02 Å². The molecule has 0 aromatic heterocycles. The molecule has 0 radical (unpaired) electrons. The third kappa shape index (κ3) is 2.78. The van der Waals surface area contributed by atoms with E-state index in [2.05, 4.69) is 0 Å². The van der Waals surface area contributed by atoms with E-state index in [4.69, 9.17) is 16.3 Å². The Balaban J connectivity index is 3.08. The quantitative estimate of drug-likeness (QED) is 0.790. The lowest BCUT2D eigenvalue weighted by Gasteiger charge is -2.16. The minimum Gasteiger partial charge on any atom is -0.495 e. The van der Waals surface area contributed by atoms with Crippen molar-refractivity contribution < 1.29 is 9.53 Å². The Bertz CT molecular complexity index is 383. The number of carbonyl (C=O) groups excluding carboxylic acids is 1. The van der Waals surface area contributed by atoms with E-state index < -0.39 is 0 Å². The third-order valence-electron chi connectivity index (χ3n) is 1.91. The van der Waals surface area contributed by atoms with E-state index in [1.165, 1.54) is 31.0 Å². The third-order valence-corrected chi connectivity index (χ3v) is 4.19. The van der Waals surface area contributed by atoms with Gasteiger partial charge in [0.1, 0.15) is 5.75 Å². The van der Waals surface area contributed by atoms with E-state index >= 15 is 0 Å². The summed E-state index contributed by atoms with van der Waals surface area (Å²) in [6.07, 6.45) is 3.67. The number of benzene rings is 1. The van der Waals surface area contributed by atoms with Crippen molar-refractivity contribution in [2.75, 3.05) is 19.6 Å². The summed E-state index contributed by atoms with van der Waals surface area (Å²) in [5.41, 5.74) is 0.449. The number of methoxy groups -OCH3 is 1. The van der Waals surface area contributed by atoms with Crippen LogP contribution in [-0.2, 0) is 0 Å². The number of halogens is 1. The highest BCUT2D eigenvalue weighted by molar-refractivity contribution is 8.12. The van der Waals surface area contributed by atoms with Crippen molar-refractivity contribution in [3.8, 4) is 5.75 Å². The largest absolute Gasteiger partial charge is 0.495 e. The molecule has 0 N–H and O–H groups in total. The highest BCUT2D eigenvalue weighted by atomic mass is 35.5. The highest BCUT2D eigenvalue weighted by Gasteiger charge is 2.19. The van der Waals surface area contributed by atoms with E-state index in [-0.39, 0.29) is 5.91 Å². The first-order chi connectivity index (χ1) is 7.65. The summed E-state index contributed by atoms with van der Waals surface area (Å²) in [6.45, 7) is 0. The van der Waals surface area contributed by atoms with Gasteiger partial charge in [-0.05, 0) is 36.0 Å². The molecule has 0 saturated carbocycles. The van der Waals surface area contributed by atoms with Crippen LogP contribution >= 0.6 is 35.5 Å². The summed E-state index contributed by atoms with van der Waals surface area (Å²) in [7, 11) is 1.52. The molecular weight excluding hydrogens is 266 g/mol. The standard InChI is InChI=1S/C10H12ClNO2S2/c1-14-8-6-4-5-7(9(8)11)10(13)12(15-2)16-3/h4-6H,1-3H3. The van der Waals surface area contributed by atoms with Crippen molar-refractivity contribution in [3.05, 3.63) is 28.8 Å². The first-order valence-corrected chi connectivity index (χ1v) is 7.15. The molecule has 0 atom stereocenters. The van der Waals surface area contributed by atoms with Crippen molar-refractivity contribution in [2.45, 2.75) is 0 Å². The van der Waals surface area contributed by atoms with Crippen LogP contribution in [0.1, 0.15) is 10.4 Å². The van der Waals surface area contributed by atoms with Crippen LogP contribution in [0.25, 0.3) is 0 Å². The van der Waals surface area contributed by atoms with Gasteiger partial charge in [0.15, 0.2) is 0 Å². The molecule has 0 fully saturated rings. The molecule has 0 unspecified atom stereocenters. The molecule has 88 valence electrons. The monoisotopic (exact) mass is 277 g/mol. The fourth-order valence-electron chi connectivity index (χ4n) is 1.17. The molecule has 1 amide bonds. The van der Waals surface area contributed by atoms with Crippen LogP contribution in [0, 0.1) is 0 Å². The molecular formula is C10H12ClNO2S2. The number of rotatable bonds is 4. The van der Waals surface area contributed by atoms with Gasteiger partial charge in [-0.1, -0.05) is 17.7 Å². The number of carbonyl (C=O) groups is 1. The van der Waals surface area contributed by atoms with Gasteiger partial charge in [0.05, 0.1) is 17.7 Å². The fourth-order valence-corrected chi connectivity index (χ4v) is 2.58. The van der Waals surface area contributed by atoms with E-state index in [0.29, 0.717) is 16.3 Å². The average Bonchev–Trinajstić information content (AvgIpc) is 2.30. The van der Waals surface area contributed by atoms with Gasteiger partial charge in [-0.25, -0.2) is 3.71 Å². The molecule has 1 rings (SSSR count). The summed E-state index contributed by atoms with van der Waals surface area (Å²) >= 11 is 8.76. The lowest BCUT2D eigenvalue weighted by molar-refractivity contribution is 0.0934. The van der Waals surface area contributed by atoms with Crippen LogP contribution in [0.15, 0.2) is 18.2 Å². The Hall–Kier alpha value is -0.520. The summed E-state index contributed by atoms with van der Waals surface area (Å²) in [4.78, 5) is 12.0. The van der Waals surface area contributed by atoms with Crippen LogP contribution < -0.4 is 4.74 Å². The van der Waals surface area contributed by atoms with E-state index in [9.17, 15) is 4.79 Å². The fraction of sp³-hybridized carbons (Fsp3) is 0.300. The molecule has 16 heavy (non-hydrogen) atoms. The molecule has 0 spiro atoms. The molecule has 0 bridgehead atoms. The summed E-state index contributed by atoms with van der Waals surface area (Å²) in [5.74, 6) is 0.374. The zero-order chi connectivity index (χ0) is 12.1. The Morgan fingerprint density at radius 3 is 2.50 bits per heavy atom. The first kappa shape index (κ1) is 13.5. The molecule has 0 aliphatic rings. The zero-order valence-corrected chi connectivity index (χ0v) is 11.6. The zero-order valence-electron chi connectivity index (χ0n) is 9.19. The highest BCUT2D eigenvalue weighted by Crippen LogP contribution is 2.31. The van der Waals surface area contributed by atoms with Gasteiger partial charge >= 0.3 is 0 Å². The predicted molar refractivity (Wildman–Crippen MR) is 71.2 cm³/mol. The molecule has 0 heterocycles. The molecule has 3 nitrogen and oxygen atoms in total. The Kier molecular flexibility index (Phi) is 5.31. The topological polar surface area (TPSA) is 29.5 Å². The van der Waals surface area contributed by atoms with Gasteiger partial charge in [-0.2, -0.15) is 0 Å². The van der Waals surface area contributed by atoms with Crippen molar-refractivity contribution in [3.63, 3.8) is 0 Å². The van der Waals surface area contributed by atoms with Gasteiger partial charge in [-0.3, -0.25) is 4.79 Å². The van der Waals surface area contributed by atoms with Crippen molar-refractivity contribution in [2.24, 2.45) is 0 Å². The Labute approximate surface area is 109 Å². The van der Waals surface area contributed by atoms with E-state index in [0.717, 1.165) is 0 Å². The molecule has 0 aliphatic carbocycles. The smallest absolute Gasteiger partial charge is 0.275 e. The van der Waals surface area contributed by atoms with Gasteiger partial charge in [0.25, 0.3) is 5.91 Å². The maximum absolute atomic E-state index is 12.0. The molecule has 0 aliphatic heterocycles. The van der Waals surface area contributed by atoms with Gasteiger partial charge in [-0.15, -0.1) is 0 Å². The number of amides is 1. The second-order valence-corrected chi connectivity index (χ2v) is 4.82. The minimum atomic E-state index is -0.135. The van der Waals surface area contributed by atoms with E-state index in [1.54, 1.807) is 21.9 Å². The first-order valence-electron chi connectivity index (χ1n) is 4.40. The molecule has 1 aromatic carbocycles. The molecule has 6 heteroatoms. The molecule has 1 aromatic rings. The van der Waals surface area contributed by atoms with Gasteiger partial charge in [0.2, 0.25) is 0 Å². The SMILES string of the molecule is COc1cccc(C(=O)N(SC)SC)c1Cl. The number of nitrogens with zero attached hydrogens (tertiary/aromatic N) is 1.